The maximum atomic E-state index is 12.8. The molecule has 0 aliphatic carbocycles. The fraction of sp³-hybridized carbons (Fsp3) is 0.471. The van der Waals surface area contributed by atoms with E-state index in [4.69, 9.17) is 4.74 Å². The van der Waals surface area contributed by atoms with Crippen molar-refractivity contribution in [2.24, 2.45) is 0 Å². The molecule has 1 aromatic rings. The summed E-state index contributed by atoms with van der Waals surface area (Å²) in [6.07, 6.45) is -4.27. The number of ether oxygens (including phenoxy) is 1. The molecule has 0 atom stereocenters. The molecule has 4 nitrogen and oxygen atoms in total. The number of nitrogens with zero attached hydrogens (tertiary/aromatic N) is 1. The Labute approximate surface area is 138 Å². The van der Waals surface area contributed by atoms with Crippen LogP contribution in [0.3, 0.4) is 0 Å². The van der Waals surface area contributed by atoms with Gasteiger partial charge in [0.05, 0.1) is 7.11 Å². The average Bonchev–Trinajstić information content (AvgIpc) is 2.54. The molecule has 1 fully saturated rings. The third-order valence-corrected chi connectivity index (χ3v) is 4.32. The smallest absolute Gasteiger partial charge is 0.417 e. The van der Waals surface area contributed by atoms with E-state index >= 15 is 0 Å². The first-order valence-electron chi connectivity index (χ1n) is 7.57. The van der Waals surface area contributed by atoms with Gasteiger partial charge in [-0.2, -0.15) is 13.2 Å². The normalized spacial score (nSPS) is 18.4. The standard InChI is InChI=1S/C17H20F3NO3/c1-12(13-3-5-14(24-2)6-4-13)11-15(22)21-9-7-16(23,8-10-21)17(18,19)20/h3-6,11,23H,7-10H2,1-2H3/b12-11+. The van der Waals surface area contributed by atoms with Crippen molar-refractivity contribution in [2.75, 3.05) is 20.2 Å². The van der Waals surface area contributed by atoms with E-state index in [1.165, 1.54) is 11.0 Å². The second kappa shape index (κ2) is 6.84. The number of amides is 1. The molecule has 132 valence electrons. The van der Waals surface area contributed by atoms with Gasteiger partial charge in [-0.3, -0.25) is 4.79 Å². The molecule has 1 aliphatic heterocycles. The number of rotatable bonds is 3. The number of carbonyl (C=O) groups excluding carboxylic acids is 1. The number of halogens is 3. The van der Waals surface area contributed by atoms with Crippen LogP contribution in [-0.2, 0) is 4.79 Å². The number of alkyl halides is 3. The van der Waals surface area contributed by atoms with Crippen LogP contribution in [0.25, 0.3) is 5.57 Å². The number of allylic oxidation sites excluding steroid dienone is 1. The summed E-state index contributed by atoms with van der Waals surface area (Å²) >= 11 is 0. The molecule has 1 aliphatic rings. The molecule has 1 amide bonds. The number of likely N-dealkylation sites (tertiary alicyclic amines) is 1. The molecular formula is C17H20F3NO3. The van der Waals surface area contributed by atoms with Gasteiger partial charge in [0.2, 0.25) is 5.91 Å². The van der Waals surface area contributed by atoms with E-state index in [0.29, 0.717) is 11.3 Å². The second-order valence-electron chi connectivity index (χ2n) is 5.91. The van der Waals surface area contributed by atoms with E-state index in [-0.39, 0.29) is 19.0 Å². The molecule has 0 spiro atoms. The Balaban J connectivity index is 2.02. The van der Waals surface area contributed by atoms with Crippen LogP contribution in [0.5, 0.6) is 5.75 Å². The van der Waals surface area contributed by atoms with Gasteiger partial charge in [0.25, 0.3) is 0 Å². The summed E-state index contributed by atoms with van der Waals surface area (Å²) in [6, 6.07) is 7.14. The van der Waals surface area contributed by atoms with Crippen LogP contribution < -0.4 is 4.74 Å². The third-order valence-electron chi connectivity index (χ3n) is 4.32. The van der Waals surface area contributed by atoms with Crippen LogP contribution in [0.1, 0.15) is 25.3 Å². The average molecular weight is 343 g/mol. The van der Waals surface area contributed by atoms with E-state index in [0.717, 1.165) is 5.56 Å². The van der Waals surface area contributed by atoms with E-state index in [1.807, 2.05) is 0 Å². The molecule has 1 heterocycles. The van der Waals surface area contributed by atoms with Crippen molar-refractivity contribution < 1.29 is 27.8 Å². The molecule has 1 saturated heterocycles. The second-order valence-corrected chi connectivity index (χ2v) is 5.91. The molecule has 2 rings (SSSR count). The minimum atomic E-state index is -4.67. The number of benzene rings is 1. The highest BCUT2D eigenvalue weighted by atomic mass is 19.4. The molecule has 0 saturated carbocycles. The van der Waals surface area contributed by atoms with Crippen LogP contribution in [0.2, 0.25) is 0 Å². The van der Waals surface area contributed by atoms with Crippen LogP contribution in [0.15, 0.2) is 30.3 Å². The molecule has 0 bridgehead atoms. The summed E-state index contributed by atoms with van der Waals surface area (Å²) < 4.78 is 43.4. The number of methoxy groups -OCH3 is 1. The first-order chi connectivity index (χ1) is 11.2. The van der Waals surface area contributed by atoms with Crippen LogP contribution in [0, 0.1) is 0 Å². The van der Waals surface area contributed by atoms with Crippen LogP contribution >= 0.6 is 0 Å². The number of hydrogen-bond donors (Lipinski definition) is 1. The Kier molecular flexibility index (Phi) is 5.22. The Morgan fingerprint density at radius 1 is 1.25 bits per heavy atom. The largest absolute Gasteiger partial charge is 0.497 e. The summed E-state index contributed by atoms with van der Waals surface area (Å²) in [5.41, 5.74) is -1.16. The Hall–Kier alpha value is -2.02. The van der Waals surface area contributed by atoms with E-state index in [1.54, 1.807) is 38.3 Å². The van der Waals surface area contributed by atoms with Crippen molar-refractivity contribution in [1.82, 2.24) is 4.90 Å². The zero-order chi connectivity index (χ0) is 18.0. The van der Waals surface area contributed by atoms with Gasteiger partial charge < -0.3 is 14.7 Å². The molecule has 0 radical (unpaired) electrons. The van der Waals surface area contributed by atoms with Crippen molar-refractivity contribution in [3.05, 3.63) is 35.9 Å². The number of aliphatic hydroxyl groups is 1. The predicted molar refractivity (Wildman–Crippen MR) is 83.5 cm³/mol. The summed E-state index contributed by atoms with van der Waals surface area (Å²) in [5.74, 6) is 0.341. The minimum Gasteiger partial charge on any atom is -0.497 e. The SMILES string of the molecule is COc1ccc(/C(C)=C/C(=O)N2CCC(O)(C(F)(F)F)CC2)cc1. The molecule has 24 heavy (non-hydrogen) atoms. The van der Waals surface area contributed by atoms with Crippen molar-refractivity contribution in [3.8, 4) is 5.75 Å². The van der Waals surface area contributed by atoms with Gasteiger partial charge in [-0.05, 0) is 30.2 Å². The summed E-state index contributed by atoms with van der Waals surface area (Å²) in [5, 5.41) is 9.63. The minimum absolute atomic E-state index is 0.124. The summed E-state index contributed by atoms with van der Waals surface area (Å²) in [6.45, 7) is 1.51. The van der Waals surface area contributed by atoms with Gasteiger partial charge in [-0.15, -0.1) is 0 Å². The van der Waals surface area contributed by atoms with Crippen molar-refractivity contribution in [3.63, 3.8) is 0 Å². The lowest BCUT2D eigenvalue weighted by Crippen LogP contribution is -2.54. The lowest BCUT2D eigenvalue weighted by atomic mass is 9.90. The maximum absolute atomic E-state index is 12.8. The maximum Gasteiger partial charge on any atom is 0.417 e. The zero-order valence-corrected chi connectivity index (χ0v) is 13.6. The fourth-order valence-electron chi connectivity index (χ4n) is 2.59. The zero-order valence-electron chi connectivity index (χ0n) is 13.6. The highest BCUT2D eigenvalue weighted by Gasteiger charge is 2.54. The number of piperidine rings is 1. The highest BCUT2D eigenvalue weighted by Crippen LogP contribution is 2.38. The van der Waals surface area contributed by atoms with E-state index < -0.39 is 24.6 Å². The lowest BCUT2D eigenvalue weighted by Gasteiger charge is -2.38. The van der Waals surface area contributed by atoms with Gasteiger partial charge in [-0.1, -0.05) is 12.1 Å². The van der Waals surface area contributed by atoms with Crippen LogP contribution in [-0.4, -0.2) is 47.9 Å². The van der Waals surface area contributed by atoms with Gasteiger partial charge in [0.15, 0.2) is 5.60 Å². The topological polar surface area (TPSA) is 49.8 Å². The van der Waals surface area contributed by atoms with Crippen molar-refractivity contribution in [2.45, 2.75) is 31.5 Å². The molecule has 0 aromatic heterocycles. The van der Waals surface area contributed by atoms with E-state index in [9.17, 15) is 23.1 Å². The van der Waals surface area contributed by atoms with Crippen molar-refractivity contribution in [1.29, 1.82) is 0 Å². The van der Waals surface area contributed by atoms with Gasteiger partial charge >= 0.3 is 6.18 Å². The summed E-state index contributed by atoms with van der Waals surface area (Å²) in [7, 11) is 1.56. The first-order valence-corrected chi connectivity index (χ1v) is 7.57. The predicted octanol–water partition coefficient (Wildman–Crippen LogP) is 3.01. The van der Waals surface area contributed by atoms with Crippen molar-refractivity contribution >= 4 is 11.5 Å². The van der Waals surface area contributed by atoms with E-state index in [2.05, 4.69) is 0 Å². The van der Waals surface area contributed by atoms with Gasteiger partial charge in [0.1, 0.15) is 5.75 Å². The Morgan fingerprint density at radius 3 is 2.25 bits per heavy atom. The molecule has 7 heteroatoms. The summed E-state index contributed by atoms with van der Waals surface area (Å²) in [4.78, 5) is 13.6. The molecule has 0 unspecified atom stereocenters. The third kappa shape index (κ3) is 3.90. The van der Waals surface area contributed by atoms with Crippen LogP contribution in [0.4, 0.5) is 13.2 Å². The number of hydrogen-bond acceptors (Lipinski definition) is 3. The van der Waals surface area contributed by atoms with Gasteiger partial charge in [0, 0.05) is 32.0 Å². The quantitative estimate of drug-likeness (QED) is 0.859. The van der Waals surface area contributed by atoms with Gasteiger partial charge in [-0.25, -0.2) is 0 Å². The fourth-order valence-corrected chi connectivity index (χ4v) is 2.59. The molecular weight excluding hydrogens is 323 g/mol. The monoisotopic (exact) mass is 343 g/mol. The lowest BCUT2D eigenvalue weighted by molar-refractivity contribution is -0.271. The Bertz CT molecular complexity index is 615. The number of carbonyl (C=O) groups is 1. The highest BCUT2D eigenvalue weighted by molar-refractivity contribution is 5.95. The Morgan fingerprint density at radius 2 is 1.79 bits per heavy atom. The first kappa shape index (κ1) is 18.3. The molecule has 1 aromatic carbocycles. The molecule has 1 N–H and O–H groups in total.